The van der Waals surface area contributed by atoms with Crippen molar-refractivity contribution in [3.05, 3.63) is 42.0 Å². The van der Waals surface area contributed by atoms with Gasteiger partial charge in [0.15, 0.2) is 11.5 Å². The Bertz CT molecular complexity index is 929. The minimum atomic E-state index is -4.62. The highest BCUT2D eigenvalue weighted by molar-refractivity contribution is 5.83. The lowest BCUT2D eigenvalue weighted by atomic mass is 10.2. The van der Waals surface area contributed by atoms with E-state index in [0.717, 1.165) is 18.4 Å². The Hall–Kier alpha value is -2.84. The summed E-state index contributed by atoms with van der Waals surface area (Å²) in [5.74, 6) is -1.04. The number of hydrogen-bond acceptors (Lipinski definition) is 5. The first-order valence-corrected chi connectivity index (χ1v) is 7.81. The molecular weight excluding hydrogens is 333 g/mol. The summed E-state index contributed by atoms with van der Waals surface area (Å²) in [5, 5.41) is 3.01. The molecule has 1 saturated carbocycles. The average Bonchev–Trinajstić information content (AvgIpc) is 3.26. The molecule has 3 aromatic rings. The Kier molecular flexibility index (Phi) is 3.52. The van der Waals surface area contributed by atoms with Gasteiger partial charge in [0, 0.05) is 11.7 Å². The lowest BCUT2D eigenvalue weighted by Gasteiger charge is -2.11. The van der Waals surface area contributed by atoms with Crippen LogP contribution in [0.5, 0.6) is 0 Å². The fourth-order valence-corrected chi connectivity index (χ4v) is 2.60. The summed E-state index contributed by atoms with van der Waals surface area (Å²) >= 11 is 0. The van der Waals surface area contributed by atoms with Crippen molar-refractivity contribution < 1.29 is 13.2 Å². The van der Waals surface area contributed by atoms with Crippen LogP contribution in [-0.4, -0.2) is 25.6 Å². The molecule has 0 saturated heterocycles. The van der Waals surface area contributed by atoms with E-state index in [2.05, 4.69) is 20.3 Å². The number of halogens is 3. The van der Waals surface area contributed by atoms with Gasteiger partial charge in [0.2, 0.25) is 5.82 Å². The maximum Gasteiger partial charge on any atom is 0.451 e. The van der Waals surface area contributed by atoms with E-state index >= 15 is 0 Å². The van der Waals surface area contributed by atoms with Crippen LogP contribution in [0.3, 0.4) is 0 Å². The molecule has 3 N–H and O–H groups in total. The lowest BCUT2D eigenvalue weighted by Crippen LogP contribution is -2.15. The van der Waals surface area contributed by atoms with Crippen molar-refractivity contribution in [2.75, 3.05) is 11.1 Å². The number of benzene rings is 1. The van der Waals surface area contributed by atoms with Gasteiger partial charge in [-0.3, -0.25) is 0 Å². The molecule has 2 heterocycles. The van der Waals surface area contributed by atoms with E-state index in [-0.39, 0.29) is 17.5 Å². The van der Waals surface area contributed by atoms with Gasteiger partial charge in [0.25, 0.3) is 0 Å². The second-order valence-corrected chi connectivity index (χ2v) is 6.10. The maximum absolute atomic E-state index is 13.2. The van der Waals surface area contributed by atoms with Crippen molar-refractivity contribution in [2.24, 2.45) is 0 Å². The standard InChI is InChI=1S/C16H15F3N6/c17-16(18,19)15-23-13(22-11-4-5-11)12-14(24-15)25(8-21-12)7-9-2-1-3-10(20)6-9/h1-3,6,8,11H,4-5,7,20H2,(H,22,23,24). The molecule has 0 unspecified atom stereocenters. The Labute approximate surface area is 140 Å². The first kappa shape index (κ1) is 15.7. The molecule has 0 spiro atoms. The molecule has 1 aromatic carbocycles. The van der Waals surface area contributed by atoms with Crippen molar-refractivity contribution in [2.45, 2.75) is 31.6 Å². The number of fused-ring (bicyclic) bond motifs is 1. The van der Waals surface area contributed by atoms with Crippen LogP contribution >= 0.6 is 0 Å². The van der Waals surface area contributed by atoms with Crippen LogP contribution in [0.15, 0.2) is 30.6 Å². The van der Waals surface area contributed by atoms with Gasteiger partial charge in [-0.05, 0) is 30.5 Å². The summed E-state index contributed by atoms with van der Waals surface area (Å²) in [6.45, 7) is 0.318. The van der Waals surface area contributed by atoms with E-state index in [1.54, 1.807) is 22.8 Å². The second kappa shape index (κ2) is 5.61. The monoisotopic (exact) mass is 348 g/mol. The fraction of sp³-hybridized carbons (Fsp3) is 0.312. The molecule has 130 valence electrons. The topological polar surface area (TPSA) is 81.7 Å². The number of hydrogen-bond donors (Lipinski definition) is 2. The summed E-state index contributed by atoms with van der Waals surface area (Å²) in [6, 6.07) is 7.30. The predicted molar refractivity (Wildman–Crippen MR) is 86.9 cm³/mol. The summed E-state index contributed by atoms with van der Waals surface area (Å²) < 4.78 is 41.1. The number of aromatic nitrogens is 4. The predicted octanol–water partition coefficient (Wildman–Crippen LogP) is 3.05. The van der Waals surface area contributed by atoms with E-state index in [1.165, 1.54) is 6.33 Å². The van der Waals surface area contributed by atoms with Gasteiger partial charge >= 0.3 is 6.18 Å². The number of imidazole rings is 1. The Balaban J connectivity index is 1.79. The lowest BCUT2D eigenvalue weighted by molar-refractivity contribution is -0.144. The van der Waals surface area contributed by atoms with Gasteiger partial charge < -0.3 is 15.6 Å². The number of nitrogens with one attached hydrogen (secondary N) is 1. The molecule has 0 bridgehead atoms. The summed E-state index contributed by atoms with van der Waals surface area (Å²) in [6.07, 6.45) is -1.32. The van der Waals surface area contributed by atoms with E-state index < -0.39 is 12.0 Å². The molecule has 6 nitrogen and oxygen atoms in total. The van der Waals surface area contributed by atoms with Crippen LogP contribution in [0.4, 0.5) is 24.7 Å². The number of nitrogens with zero attached hydrogens (tertiary/aromatic N) is 4. The van der Waals surface area contributed by atoms with Crippen molar-refractivity contribution in [1.29, 1.82) is 0 Å². The maximum atomic E-state index is 13.2. The second-order valence-electron chi connectivity index (χ2n) is 6.10. The number of nitrogens with two attached hydrogens (primary N) is 1. The molecular formula is C16H15F3N6. The van der Waals surface area contributed by atoms with Crippen molar-refractivity contribution in [1.82, 2.24) is 19.5 Å². The van der Waals surface area contributed by atoms with Gasteiger partial charge in [-0.1, -0.05) is 12.1 Å². The minimum Gasteiger partial charge on any atom is -0.399 e. The number of anilines is 2. The summed E-state index contributed by atoms with van der Waals surface area (Å²) in [5.41, 5.74) is 7.68. The molecule has 4 rings (SSSR count). The zero-order chi connectivity index (χ0) is 17.6. The van der Waals surface area contributed by atoms with E-state index in [1.807, 2.05) is 6.07 Å². The van der Waals surface area contributed by atoms with Crippen LogP contribution < -0.4 is 11.1 Å². The summed E-state index contributed by atoms with van der Waals surface area (Å²) in [4.78, 5) is 11.6. The molecule has 1 fully saturated rings. The Morgan fingerprint density at radius 3 is 2.72 bits per heavy atom. The molecule has 0 amide bonds. The van der Waals surface area contributed by atoms with Gasteiger partial charge in [-0.25, -0.2) is 15.0 Å². The third-order valence-corrected chi connectivity index (χ3v) is 3.94. The van der Waals surface area contributed by atoms with Gasteiger partial charge in [0.1, 0.15) is 5.52 Å². The SMILES string of the molecule is Nc1cccc(Cn2cnc3c(NC4CC4)nc(C(F)(F)F)nc32)c1. The smallest absolute Gasteiger partial charge is 0.399 e. The first-order valence-electron chi connectivity index (χ1n) is 7.81. The van der Waals surface area contributed by atoms with Crippen molar-refractivity contribution in [3.63, 3.8) is 0 Å². The van der Waals surface area contributed by atoms with Crippen LogP contribution in [0.25, 0.3) is 11.2 Å². The molecule has 1 aliphatic rings. The summed E-state index contributed by atoms with van der Waals surface area (Å²) in [7, 11) is 0. The highest BCUT2D eigenvalue weighted by atomic mass is 19.4. The van der Waals surface area contributed by atoms with E-state index in [4.69, 9.17) is 5.73 Å². The zero-order valence-electron chi connectivity index (χ0n) is 13.1. The molecule has 0 radical (unpaired) electrons. The molecule has 2 aromatic heterocycles. The van der Waals surface area contributed by atoms with E-state index in [9.17, 15) is 13.2 Å². The quantitative estimate of drug-likeness (QED) is 0.708. The number of nitrogen functional groups attached to an aromatic ring is 1. The molecule has 25 heavy (non-hydrogen) atoms. The molecule has 9 heteroatoms. The van der Waals surface area contributed by atoms with E-state index in [0.29, 0.717) is 17.7 Å². The average molecular weight is 348 g/mol. The number of rotatable bonds is 4. The molecule has 0 atom stereocenters. The molecule has 1 aliphatic carbocycles. The zero-order valence-corrected chi connectivity index (χ0v) is 13.1. The highest BCUT2D eigenvalue weighted by Gasteiger charge is 2.37. The van der Waals surface area contributed by atoms with Crippen LogP contribution in [0.1, 0.15) is 24.2 Å². The fourth-order valence-electron chi connectivity index (χ4n) is 2.60. The Morgan fingerprint density at radius 1 is 1.24 bits per heavy atom. The van der Waals surface area contributed by atoms with Crippen LogP contribution in [0, 0.1) is 0 Å². The number of alkyl halides is 3. The van der Waals surface area contributed by atoms with Crippen molar-refractivity contribution in [3.8, 4) is 0 Å². The van der Waals surface area contributed by atoms with Gasteiger partial charge in [-0.2, -0.15) is 13.2 Å². The van der Waals surface area contributed by atoms with Gasteiger partial charge in [0.05, 0.1) is 12.9 Å². The normalized spacial score (nSPS) is 14.8. The highest BCUT2D eigenvalue weighted by Crippen LogP contribution is 2.32. The van der Waals surface area contributed by atoms with Crippen LogP contribution in [0.2, 0.25) is 0 Å². The Morgan fingerprint density at radius 2 is 2.04 bits per heavy atom. The van der Waals surface area contributed by atoms with Crippen molar-refractivity contribution >= 4 is 22.7 Å². The van der Waals surface area contributed by atoms with Gasteiger partial charge in [-0.15, -0.1) is 0 Å². The largest absolute Gasteiger partial charge is 0.451 e. The minimum absolute atomic E-state index is 0.131. The molecule has 0 aliphatic heterocycles. The first-order chi connectivity index (χ1) is 11.9. The third kappa shape index (κ3) is 3.21. The van der Waals surface area contributed by atoms with Crippen LogP contribution in [-0.2, 0) is 12.7 Å². The third-order valence-electron chi connectivity index (χ3n) is 3.94.